The molecular weight excluding hydrogens is 360 g/mol. The van der Waals surface area contributed by atoms with Gasteiger partial charge >= 0.3 is 12.0 Å². The van der Waals surface area contributed by atoms with Crippen LogP contribution in [0, 0.1) is 0 Å². The van der Waals surface area contributed by atoms with Gasteiger partial charge in [0.05, 0.1) is 17.1 Å². The topological polar surface area (TPSA) is 61.3 Å². The molecule has 0 N–H and O–H groups in total. The third kappa shape index (κ3) is 5.03. The first kappa shape index (κ1) is 17.4. The average molecular weight is 379 g/mol. The molecule has 2 aromatic rings. The lowest BCUT2D eigenvalue weighted by molar-refractivity contribution is 0.0600. The predicted octanol–water partition coefficient (Wildman–Crippen LogP) is 4.34. The van der Waals surface area contributed by atoms with E-state index in [1.165, 1.54) is 7.11 Å². The minimum absolute atomic E-state index is 0.150. The number of ether oxygens (including phenoxy) is 2. The number of carbonyl (C=O) groups is 1. The van der Waals surface area contributed by atoms with Crippen LogP contribution < -0.4 is 4.74 Å². The van der Waals surface area contributed by atoms with E-state index in [0.29, 0.717) is 11.6 Å². The van der Waals surface area contributed by atoms with Gasteiger partial charge in [0.25, 0.3) is 0 Å². The van der Waals surface area contributed by atoms with Crippen molar-refractivity contribution in [2.45, 2.75) is 32.3 Å². The lowest BCUT2D eigenvalue weighted by Crippen LogP contribution is -2.10. The van der Waals surface area contributed by atoms with Crippen molar-refractivity contribution in [3.05, 3.63) is 52.3 Å². The van der Waals surface area contributed by atoms with Gasteiger partial charge in [-0.2, -0.15) is 0 Å². The summed E-state index contributed by atoms with van der Waals surface area (Å²) < 4.78 is 11.4. The van der Waals surface area contributed by atoms with Crippen LogP contribution in [0.15, 0.2) is 41.1 Å². The van der Waals surface area contributed by atoms with E-state index in [1.54, 1.807) is 24.5 Å². The molecule has 0 saturated carbocycles. The van der Waals surface area contributed by atoms with Crippen molar-refractivity contribution >= 4 is 21.9 Å². The molecular formula is C17H19BrN2O3. The van der Waals surface area contributed by atoms with Gasteiger partial charge in [-0.25, -0.2) is 14.8 Å². The minimum atomic E-state index is -0.348. The molecule has 1 heterocycles. The number of carbonyl (C=O) groups excluding carboxylic acids is 1. The highest BCUT2D eigenvalue weighted by atomic mass is 79.9. The van der Waals surface area contributed by atoms with Crippen molar-refractivity contribution in [3.63, 3.8) is 0 Å². The fourth-order valence-electron chi connectivity index (χ4n) is 2.12. The van der Waals surface area contributed by atoms with Crippen LogP contribution in [0.1, 0.15) is 48.2 Å². The van der Waals surface area contributed by atoms with Crippen LogP contribution in [0.4, 0.5) is 0 Å². The first-order valence-electron chi connectivity index (χ1n) is 7.46. The number of benzene rings is 1. The van der Waals surface area contributed by atoms with E-state index >= 15 is 0 Å². The molecule has 1 atom stereocenters. The Morgan fingerprint density at radius 2 is 1.87 bits per heavy atom. The molecule has 1 aromatic heterocycles. The molecule has 6 heteroatoms. The van der Waals surface area contributed by atoms with Crippen LogP contribution in [-0.4, -0.2) is 23.0 Å². The van der Waals surface area contributed by atoms with Crippen LogP contribution in [0.25, 0.3) is 0 Å². The van der Waals surface area contributed by atoms with Crippen LogP contribution in [0.3, 0.4) is 0 Å². The number of esters is 1. The van der Waals surface area contributed by atoms with E-state index in [1.807, 2.05) is 12.1 Å². The van der Waals surface area contributed by atoms with E-state index in [-0.39, 0.29) is 12.1 Å². The van der Waals surface area contributed by atoms with E-state index in [0.717, 1.165) is 29.3 Å². The maximum absolute atomic E-state index is 11.5. The number of methoxy groups -OCH3 is 1. The van der Waals surface area contributed by atoms with Crippen molar-refractivity contribution in [1.29, 1.82) is 0 Å². The Morgan fingerprint density at radius 1 is 1.22 bits per heavy atom. The fourth-order valence-corrected chi connectivity index (χ4v) is 2.33. The summed E-state index contributed by atoms with van der Waals surface area (Å²) in [6, 6.07) is 7.58. The summed E-state index contributed by atoms with van der Waals surface area (Å²) in [6.07, 6.45) is 6.11. The lowest BCUT2D eigenvalue weighted by atomic mass is 10.0. The Morgan fingerprint density at radius 3 is 2.43 bits per heavy atom. The number of hydrogen-bond donors (Lipinski definition) is 0. The number of nitrogens with zero attached hydrogens (tertiary/aromatic N) is 2. The standard InChI is InChI=1S/C17H19BrN2O3/c1-3-4-5-15(23-17-19-10-14(18)11-20-17)12-6-8-13(9-7-12)16(21)22-2/h6-11,15H,3-5H2,1-2H3/t15-/m1/s1. The number of aromatic nitrogens is 2. The molecule has 1 aromatic carbocycles. The number of halogens is 1. The molecule has 0 aliphatic carbocycles. The number of unbranched alkanes of at least 4 members (excludes halogenated alkanes) is 1. The zero-order valence-corrected chi connectivity index (χ0v) is 14.7. The average Bonchev–Trinajstić information content (AvgIpc) is 2.59. The summed E-state index contributed by atoms with van der Waals surface area (Å²) in [5.41, 5.74) is 1.50. The fraction of sp³-hybridized carbons (Fsp3) is 0.353. The van der Waals surface area contributed by atoms with Crippen LogP contribution in [-0.2, 0) is 4.74 Å². The number of rotatable bonds is 7. The maximum Gasteiger partial charge on any atom is 0.337 e. The first-order chi connectivity index (χ1) is 11.1. The molecule has 0 aliphatic rings. The molecule has 0 saturated heterocycles. The van der Waals surface area contributed by atoms with Crippen molar-refractivity contribution in [2.24, 2.45) is 0 Å². The van der Waals surface area contributed by atoms with Crippen LogP contribution in [0.2, 0.25) is 0 Å². The zero-order valence-electron chi connectivity index (χ0n) is 13.2. The van der Waals surface area contributed by atoms with Gasteiger partial charge in [0.2, 0.25) is 0 Å². The van der Waals surface area contributed by atoms with E-state index < -0.39 is 0 Å². The summed E-state index contributed by atoms with van der Waals surface area (Å²) in [6.45, 7) is 2.13. The van der Waals surface area contributed by atoms with Gasteiger partial charge in [0.15, 0.2) is 0 Å². The van der Waals surface area contributed by atoms with Gasteiger partial charge < -0.3 is 9.47 Å². The largest absolute Gasteiger partial charge is 0.465 e. The summed E-state index contributed by atoms with van der Waals surface area (Å²) in [5.74, 6) is -0.348. The maximum atomic E-state index is 11.5. The molecule has 0 amide bonds. The van der Waals surface area contributed by atoms with Gasteiger partial charge in [-0.05, 0) is 46.5 Å². The summed E-state index contributed by atoms with van der Waals surface area (Å²) in [5, 5.41) is 0. The predicted molar refractivity (Wildman–Crippen MR) is 90.4 cm³/mol. The molecule has 0 bridgehead atoms. The Labute approximate surface area is 144 Å². The van der Waals surface area contributed by atoms with Crippen LogP contribution >= 0.6 is 15.9 Å². The monoisotopic (exact) mass is 378 g/mol. The molecule has 122 valence electrons. The molecule has 23 heavy (non-hydrogen) atoms. The zero-order chi connectivity index (χ0) is 16.7. The minimum Gasteiger partial charge on any atom is -0.465 e. The van der Waals surface area contributed by atoms with E-state index in [9.17, 15) is 4.79 Å². The molecule has 0 radical (unpaired) electrons. The summed E-state index contributed by atoms with van der Waals surface area (Å²) in [7, 11) is 1.37. The Kier molecular flexibility index (Phi) is 6.52. The Balaban J connectivity index is 2.16. The molecule has 0 fully saturated rings. The van der Waals surface area contributed by atoms with Gasteiger partial charge in [-0.15, -0.1) is 0 Å². The molecule has 0 aliphatic heterocycles. The van der Waals surface area contributed by atoms with Crippen molar-refractivity contribution in [2.75, 3.05) is 7.11 Å². The lowest BCUT2D eigenvalue weighted by Gasteiger charge is -2.18. The second-order valence-corrected chi connectivity index (χ2v) is 5.96. The van der Waals surface area contributed by atoms with Gasteiger partial charge in [0.1, 0.15) is 6.10 Å². The van der Waals surface area contributed by atoms with Gasteiger partial charge in [0, 0.05) is 12.4 Å². The Hall–Kier alpha value is -1.95. The SMILES string of the molecule is CCCC[C@@H](Oc1ncc(Br)cn1)c1ccc(C(=O)OC)cc1. The second-order valence-electron chi connectivity index (χ2n) is 5.05. The van der Waals surface area contributed by atoms with Crippen molar-refractivity contribution in [1.82, 2.24) is 9.97 Å². The van der Waals surface area contributed by atoms with Gasteiger partial charge in [-0.3, -0.25) is 0 Å². The highest BCUT2D eigenvalue weighted by Crippen LogP contribution is 2.25. The van der Waals surface area contributed by atoms with Gasteiger partial charge in [-0.1, -0.05) is 25.5 Å². The quantitative estimate of drug-likeness (QED) is 0.670. The highest BCUT2D eigenvalue weighted by molar-refractivity contribution is 9.10. The van der Waals surface area contributed by atoms with Crippen molar-refractivity contribution in [3.8, 4) is 6.01 Å². The summed E-state index contributed by atoms with van der Waals surface area (Å²) >= 11 is 3.30. The first-order valence-corrected chi connectivity index (χ1v) is 8.25. The van der Waals surface area contributed by atoms with E-state index in [2.05, 4.69) is 32.8 Å². The molecule has 5 nitrogen and oxygen atoms in total. The third-order valence-corrected chi connectivity index (χ3v) is 3.78. The van der Waals surface area contributed by atoms with Crippen molar-refractivity contribution < 1.29 is 14.3 Å². The van der Waals surface area contributed by atoms with E-state index in [4.69, 9.17) is 9.47 Å². The normalized spacial score (nSPS) is 11.8. The third-order valence-electron chi connectivity index (χ3n) is 3.37. The second kappa shape index (κ2) is 8.62. The molecule has 2 rings (SSSR count). The molecule has 0 unspecified atom stereocenters. The number of hydrogen-bond acceptors (Lipinski definition) is 5. The smallest absolute Gasteiger partial charge is 0.337 e. The Bertz CT molecular complexity index is 629. The highest BCUT2D eigenvalue weighted by Gasteiger charge is 2.15. The molecule has 0 spiro atoms. The van der Waals surface area contributed by atoms with Crippen LogP contribution in [0.5, 0.6) is 6.01 Å². The summed E-state index contributed by atoms with van der Waals surface area (Å²) in [4.78, 5) is 19.8.